The Bertz CT molecular complexity index is 385. The zero-order valence-corrected chi connectivity index (χ0v) is 9.53. The van der Waals surface area contributed by atoms with Crippen molar-refractivity contribution in [2.75, 3.05) is 0 Å². The first-order chi connectivity index (χ1) is 8.13. The van der Waals surface area contributed by atoms with E-state index < -0.39 is 0 Å². The van der Waals surface area contributed by atoms with Crippen LogP contribution in [-0.4, -0.2) is 23.2 Å². The van der Waals surface area contributed by atoms with Crippen LogP contribution in [0.25, 0.3) is 0 Å². The minimum Gasteiger partial charge on any atom is -0.393 e. The molecule has 0 heterocycles. The van der Waals surface area contributed by atoms with E-state index in [4.69, 9.17) is 5.11 Å². The van der Waals surface area contributed by atoms with Gasteiger partial charge in [-0.15, -0.1) is 0 Å². The Labute approximate surface area is 99.7 Å². The molecule has 0 saturated heterocycles. The maximum Gasteiger partial charge on any atom is 0.220 e. The Balaban J connectivity index is 1.70. The molecule has 3 nitrogen and oxygen atoms in total. The van der Waals surface area contributed by atoms with Crippen LogP contribution in [0.1, 0.15) is 24.8 Å². The summed E-state index contributed by atoms with van der Waals surface area (Å²) < 4.78 is 12.6. The second kappa shape index (κ2) is 5.27. The number of carbonyl (C=O) groups is 1. The summed E-state index contributed by atoms with van der Waals surface area (Å²) in [4.78, 5) is 11.5. The highest BCUT2D eigenvalue weighted by Gasteiger charge is 2.27. The molecule has 2 rings (SSSR count). The molecule has 0 aliphatic heterocycles. The third-order valence-electron chi connectivity index (χ3n) is 3.03. The Morgan fingerprint density at radius 2 is 2.00 bits per heavy atom. The van der Waals surface area contributed by atoms with Crippen LogP contribution in [0.3, 0.4) is 0 Å². The van der Waals surface area contributed by atoms with Crippen LogP contribution < -0.4 is 5.32 Å². The van der Waals surface area contributed by atoms with Crippen molar-refractivity contribution in [1.29, 1.82) is 0 Å². The topological polar surface area (TPSA) is 49.3 Å². The van der Waals surface area contributed by atoms with Gasteiger partial charge in [0.05, 0.1) is 6.10 Å². The first-order valence-corrected chi connectivity index (χ1v) is 5.85. The summed E-state index contributed by atoms with van der Waals surface area (Å²) in [7, 11) is 0. The van der Waals surface area contributed by atoms with Gasteiger partial charge in [0.1, 0.15) is 5.82 Å². The Morgan fingerprint density at radius 3 is 2.59 bits per heavy atom. The summed E-state index contributed by atoms with van der Waals surface area (Å²) in [5.74, 6) is -0.270. The average Bonchev–Trinajstić information content (AvgIpc) is 2.26. The highest BCUT2D eigenvalue weighted by atomic mass is 19.1. The van der Waals surface area contributed by atoms with Gasteiger partial charge in [-0.3, -0.25) is 4.79 Å². The zero-order chi connectivity index (χ0) is 12.3. The fraction of sp³-hybridized carbons (Fsp3) is 0.462. The summed E-state index contributed by atoms with van der Waals surface area (Å²) in [5, 5.41) is 11.9. The van der Waals surface area contributed by atoms with Crippen LogP contribution in [0, 0.1) is 5.82 Å². The quantitative estimate of drug-likeness (QED) is 0.831. The lowest BCUT2D eigenvalue weighted by atomic mass is 9.89. The number of aliphatic hydroxyl groups excluding tert-OH is 1. The second-order valence-corrected chi connectivity index (χ2v) is 4.52. The van der Waals surface area contributed by atoms with Crippen molar-refractivity contribution in [1.82, 2.24) is 5.32 Å². The molecule has 17 heavy (non-hydrogen) atoms. The van der Waals surface area contributed by atoms with Gasteiger partial charge >= 0.3 is 0 Å². The molecule has 1 amide bonds. The molecule has 1 aliphatic carbocycles. The van der Waals surface area contributed by atoms with Gasteiger partial charge in [0.15, 0.2) is 0 Å². The van der Waals surface area contributed by atoms with Crippen molar-refractivity contribution in [2.45, 2.75) is 37.8 Å². The first-order valence-electron chi connectivity index (χ1n) is 5.85. The van der Waals surface area contributed by atoms with Crippen molar-refractivity contribution in [3.8, 4) is 0 Å². The third kappa shape index (κ3) is 3.53. The van der Waals surface area contributed by atoms with Gasteiger partial charge in [-0.1, -0.05) is 12.1 Å². The highest BCUT2D eigenvalue weighted by molar-refractivity contribution is 5.76. The van der Waals surface area contributed by atoms with E-state index in [0.717, 1.165) is 5.56 Å². The number of nitrogens with one attached hydrogen (secondary N) is 1. The summed E-state index contributed by atoms with van der Waals surface area (Å²) in [6, 6.07) is 6.31. The van der Waals surface area contributed by atoms with Crippen LogP contribution in [0.4, 0.5) is 4.39 Å². The van der Waals surface area contributed by atoms with Gasteiger partial charge in [-0.2, -0.15) is 0 Å². The van der Waals surface area contributed by atoms with E-state index in [9.17, 15) is 9.18 Å². The maximum absolute atomic E-state index is 12.6. The molecule has 1 aliphatic rings. The van der Waals surface area contributed by atoms with Gasteiger partial charge in [0, 0.05) is 12.5 Å². The predicted molar refractivity (Wildman–Crippen MR) is 61.9 cm³/mol. The normalized spacial score (nSPS) is 22.9. The summed E-state index contributed by atoms with van der Waals surface area (Å²) >= 11 is 0. The number of hydrogen-bond acceptors (Lipinski definition) is 2. The molecular formula is C13H16FNO2. The van der Waals surface area contributed by atoms with Crippen LogP contribution in [0.5, 0.6) is 0 Å². The molecule has 1 saturated carbocycles. The standard InChI is InChI=1S/C13H16FNO2/c14-10-4-1-9(2-5-10)3-6-13(17)15-11-7-12(16)8-11/h1-2,4-5,11-12,16H,3,6-8H2,(H,15,17). The van der Waals surface area contributed by atoms with Crippen molar-refractivity contribution < 1.29 is 14.3 Å². The number of benzene rings is 1. The lowest BCUT2D eigenvalue weighted by Crippen LogP contribution is -2.46. The third-order valence-corrected chi connectivity index (χ3v) is 3.03. The molecule has 0 radical (unpaired) electrons. The maximum atomic E-state index is 12.6. The molecule has 0 unspecified atom stereocenters. The molecule has 1 aromatic rings. The van der Waals surface area contributed by atoms with Crippen LogP contribution in [-0.2, 0) is 11.2 Å². The molecule has 4 heteroatoms. The molecule has 0 atom stereocenters. The minimum atomic E-state index is -0.262. The van der Waals surface area contributed by atoms with E-state index in [-0.39, 0.29) is 23.9 Å². The highest BCUT2D eigenvalue weighted by Crippen LogP contribution is 2.19. The molecule has 2 N–H and O–H groups in total. The predicted octanol–water partition coefficient (Wildman–Crippen LogP) is 1.40. The molecular weight excluding hydrogens is 221 g/mol. The van der Waals surface area contributed by atoms with Crippen LogP contribution in [0.2, 0.25) is 0 Å². The molecule has 92 valence electrons. The monoisotopic (exact) mass is 237 g/mol. The molecule has 0 bridgehead atoms. The summed E-state index contributed by atoms with van der Waals surface area (Å²) in [6.07, 6.45) is 2.07. The smallest absolute Gasteiger partial charge is 0.220 e. The van der Waals surface area contributed by atoms with Gasteiger partial charge in [-0.25, -0.2) is 4.39 Å². The molecule has 1 aromatic carbocycles. The van der Waals surface area contributed by atoms with E-state index >= 15 is 0 Å². The van der Waals surface area contributed by atoms with E-state index in [2.05, 4.69) is 5.32 Å². The van der Waals surface area contributed by atoms with Crippen molar-refractivity contribution >= 4 is 5.91 Å². The van der Waals surface area contributed by atoms with Gasteiger partial charge in [-0.05, 0) is 37.0 Å². The van der Waals surface area contributed by atoms with Crippen molar-refractivity contribution in [2.24, 2.45) is 0 Å². The second-order valence-electron chi connectivity index (χ2n) is 4.52. The van der Waals surface area contributed by atoms with E-state index in [1.165, 1.54) is 12.1 Å². The van der Waals surface area contributed by atoms with Crippen LogP contribution in [0.15, 0.2) is 24.3 Å². The van der Waals surface area contributed by atoms with E-state index in [1.54, 1.807) is 12.1 Å². The molecule has 0 spiro atoms. The van der Waals surface area contributed by atoms with E-state index in [1.807, 2.05) is 0 Å². The van der Waals surface area contributed by atoms with Crippen LogP contribution >= 0.6 is 0 Å². The number of aryl methyl sites for hydroxylation is 1. The summed E-state index contributed by atoms with van der Waals surface area (Å²) in [5.41, 5.74) is 0.954. The lowest BCUT2D eigenvalue weighted by molar-refractivity contribution is -0.123. The average molecular weight is 237 g/mol. The number of amides is 1. The van der Waals surface area contributed by atoms with E-state index in [0.29, 0.717) is 25.7 Å². The number of aliphatic hydroxyl groups is 1. The SMILES string of the molecule is O=C(CCc1ccc(F)cc1)NC1CC(O)C1. The fourth-order valence-electron chi connectivity index (χ4n) is 1.91. The number of halogens is 1. The van der Waals surface area contributed by atoms with Gasteiger partial charge < -0.3 is 10.4 Å². The van der Waals surface area contributed by atoms with Crippen molar-refractivity contribution in [3.05, 3.63) is 35.6 Å². The largest absolute Gasteiger partial charge is 0.393 e. The Morgan fingerprint density at radius 1 is 1.35 bits per heavy atom. The molecule has 1 fully saturated rings. The lowest BCUT2D eigenvalue weighted by Gasteiger charge is -2.31. The first kappa shape index (κ1) is 12.0. The minimum absolute atomic E-state index is 0.00812. The van der Waals surface area contributed by atoms with Gasteiger partial charge in [0.25, 0.3) is 0 Å². The Kier molecular flexibility index (Phi) is 3.74. The van der Waals surface area contributed by atoms with Gasteiger partial charge in [0.2, 0.25) is 5.91 Å². The number of rotatable bonds is 4. The zero-order valence-electron chi connectivity index (χ0n) is 9.53. The fourth-order valence-corrected chi connectivity index (χ4v) is 1.91. The Hall–Kier alpha value is -1.42. The number of hydrogen-bond donors (Lipinski definition) is 2. The van der Waals surface area contributed by atoms with Crippen molar-refractivity contribution in [3.63, 3.8) is 0 Å². The summed E-state index contributed by atoms with van der Waals surface area (Å²) in [6.45, 7) is 0. The molecule has 0 aromatic heterocycles. The number of carbonyl (C=O) groups excluding carboxylic acids is 1.